The highest BCUT2D eigenvalue weighted by molar-refractivity contribution is 6.25. The lowest BCUT2D eigenvalue weighted by Gasteiger charge is -2.27. The van der Waals surface area contributed by atoms with E-state index in [1.165, 1.54) is 0 Å². The van der Waals surface area contributed by atoms with Crippen molar-refractivity contribution in [3.05, 3.63) is 29.3 Å². The average molecular weight is 744 g/mol. The van der Waals surface area contributed by atoms with Crippen molar-refractivity contribution in [3.8, 4) is 0 Å². The van der Waals surface area contributed by atoms with Gasteiger partial charge in [0.1, 0.15) is 6.04 Å². The van der Waals surface area contributed by atoms with Gasteiger partial charge in [-0.25, -0.2) is 0 Å². The molecular formula is C35H54ClN3O12. The van der Waals surface area contributed by atoms with Gasteiger partial charge in [-0.3, -0.25) is 29.4 Å². The molecule has 0 aliphatic carbocycles. The minimum atomic E-state index is -1.01. The first-order valence-corrected chi connectivity index (χ1v) is 18.3. The Morgan fingerprint density at radius 2 is 1.12 bits per heavy atom. The highest BCUT2D eigenvalue weighted by Crippen LogP contribution is 2.32. The third-order valence-electron chi connectivity index (χ3n) is 7.81. The molecule has 1 aromatic rings. The average Bonchev–Trinajstić information content (AvgIpc) is 3.38. The van der Waals surface area contributed by atoms with Crippen molar-refractivity contribution in [1.82, 2.24) is 10.2 Å². The summed E-state index contributed by atoms with van der Waals surface area (Å²) in [6.07, 6.45) is 4.62. The van der Waals surface area contributed by atoms with Crippen molar-refractivity contribution in [3.63, 3.8) is 0 Å². The molecule has 3 rings (SSSR count). The van der Waals surface area contributed by atoms with Crippen LogP contribution in [0.3, 0.4) is 0 Å². The Kier molecular flexibility index (Phi) is 22.6. The van der Waals surface area contributed by atoms with Crippen molar-refractivity contribution in [2.24, 2.45) is 0 Å². The number of piperidine rings is 1. The van der Waals surface area contributed by atoms with Crippen LogP contribution in [0.5, 0.6) is 0 Å². The van der Waals surface area contributed by atoms with E-state index in [1.54, 1.807) is 18.2 Å². The standard InChI is InChI=1S/C35H54ClN3O12/c36-10-3-1-2-4-12-44-14-16-46-18-20-48-22-24-50-26-27-51-25-23-49-21-19-47-17-15-45-13-11-37-29-7-5-6-28-32(29)35(43)39(34(28)42)30-8-9-31(40)38-33(30)41/h5-7,30,37H,1-4,8-27H2,(H,38,40,41). The molecule has 1 aromatic carbocycles. The Hall–Kier alpha value is -2.73. The number of hydrogen-bond donors (Lipinski definition) is 2. The number of nitrogens with one attached hydrogen (secondary N) is 2. The monoisotopic (exact) mass is 743 g/mol. The van der Waals surface area contributed by atoms with Crippen LogP contribution in [0.25, 0.3) is 0 Å². The second-order valence-electron chi connectivity index (χ2n) is 11.6. The summed E-state index contributed by atoms with van der Waals surface area (Å²) in [4.78, 5) is 50.8. The first-order chi connectivity index (χ1) is 25.0. The van der Waals surface area contributed by atoms with Crippen LogP contribution >= 0.6 is 11.6 Å². The highest BCUT2D eigenvalue weighted by Gasteiger charge is 2.45. The summed E-state index contributed by atoms with van der Waals surface area (Å²) in [5.41, 5.74) is 0.917. The van der Waals surface area contributed by atoms with Gasteiger partial charge in [0.25, 0.3) is 11.8 Å². The van der Waals surface area contributed by atoms with Gasteiger partial charge in [-0.1, -0.05) is 18.9 Å². The Labute approximate surface area is 305 Å². The maximum atomic E-state index is 13.1. The number of anilines is 1. The molecule has 0 aromatic heterocycles. The second kappa shape index (κ2) is 27.0. The molecule has 288 valence electrons. The van der Waals surface area contributed by atoms with Crippen molar-refractivity contribution in [2.75, 3.05) is 123 Å². The Morgan fingerprint density at radius 1 is 0.627 bits per heavy atom. The van der Waals surface area contributed by atoms with E-state index < -0.39 is 29.7 Å². The number of imide groups is 2. The second-order valence-corrected chi connectivity index (χ2v) is 12.0. The Morgan fingerprint density at radius 3 is 1.63 bits per heavy atom. The fourth-order valence-corrected chi connectivity index (χ4v) is 5.40. The molecule has 2 N–H and O–H groups in total. The Bertz CT molecular complexity index is 1180. The minimum Gasteiger partial charge on any atom is -0.382 e. The topological polar surface area (TPSA) is 169 Å². The quantitative estimate of drug-likeness (QED) is 0.0628. The van der Waals surface area contributed by atoms with Gasteiger partial charge in [-0.15, -0.1) is 11.6 Å². The number of alkyl halides is 1. The van der Waals surface area contributed by atoms with Crippen LogP contribution in [0.4, 0.5) is 5.69 Å². The van der Waals surface area contributed by atoms with Gasteiger partial charge in [-0.2, -0.15) is 0 Å². The maximum Gasteiger partial charge on any atom is 0.264 e. The number of unbranched alkanes of at least 4 members (excludes halogenated alkanes) is 3. The molecule has 1 fully saturated rings. The van der Waals surface area contributed by atoms with Crippen molar-refractivity contribution < 1.29 is 57.1 Å². The molecule has 1 saturated heterocycles. The number of nitrogens with zero attached hydrogens (tertiary/aromatic N) is 1. The van der Waals surface area contributed by atoms with Crippen LogP contribution in [0.2, 0.25) is 0 Å². The van der Waals surface area contributed by atoms with E-state index >= 15 is 0 Å². The van der Waals surface area contributed by atoms with Crippen molar-refractivity contribution >= 4 is 40.9 Å². The Balaban J connectivity index is 1.05. The molecule has 16 heteroatoms. The molecule has 0 bridgehead atoms. The number of amides is 4. The predicted molar refractivity (Wildman–Crippen MR) is 187 cm³/mol. The number of fused-ring (bicyclic) bond motifs is 1. The van der Waals surface area contributed by atoms with Crippen LogP contribution < -0.4 is 10.6 Å². The number of ether oxygens (including phenoxy) is 8. The maximum absolute atomic E-state index is 13.1. The van der Waals surface area contributed by atoms with Crippen molar-refractivity contribution in [1.29, 1.82) is 0 Å². The molecule has 2 heterocycles. The fraction of sp³-hybridized carbons (Fsp3) is 0.714. The number of carbonyl (C=O) groups excluding carboxylic acids is 4. The fourth-order valence-electron chi connectivity index (χ4n) is 5.21. The van der Waals surface area contributed by atoms with Gasteiger partial charge in [0.05, 0.1) is 110 Å². The molecule has 4 amide bonds. The lowest BCUT2D eigenvalue weighted by atomic mass is 10.0. The summed E-state index contributed by atoms with van der Waals surface area (Å²) >= 11 is 5.65. The lowest BCUT2D eigenvalue weighted by Crippen LogP contribution is -2.54. The molecule has 2 aliphatic heterocycles. The molecule has 0 radical (unpaired) electrons. The van der Waals surface area contributed by atoms with Crippen LogP contribution in [0.1, 0.15) is 59.2 Å². The highest BCUT2D eigenvalue weighted by atomic mass is 35.5. The number of benzene rings is 1. The number of rotatable bonds is 32. The van der Waals surface area contributed by atoms with E-state index in [4.69, 9.17) is 49.5 Å². The van der Waals surface area contributed by atoms with E-state index in [2.05, 4.69) is 10.6 Å². The number of carbonyl (C=O) groups is 4. The zero-order valence-electron chi connectivity index (χ0n) is 29.5. The van der Waals surface area contributed by atoms with E-state index in [-0.39, 0.29) is 24.0 Å². The predicted octanol–water partition coefficient (Wildman–Crippen LogP) is 2.43. The summed E-state index contributed by atoms with van der Waals surface area (Å²) in [5.74, 6) is -1.43. The van der Waals surface area contributed by atoms with Crippen LogP contribution in [-0.2, 0) is 47.5 Å². The van der Waals surface area contributed by atoms with Crippen molar-refractivity contribution in [2.45, 2.75) is 44.6 Å². The van der Waals surface area contributed by atoms with E-state index in [1.807, 2.05) is 0 Å². The smallest absolute Gasteiger partial charge is 0.264 e. The molecule has 1 unspecified atom stereocenters. The van der Waals surface area contributed by atoms with Gasteiger partial charge in [0.2, 0.25) is 11.8 Å². The summed E-state index contributed by atoms with van der Waals surface area (Å²) < 4.78 is 44.1. The summed E-state index contributed by atoms with van der Waals surface area (Å²) in [6, 6.07) is 3.91. The molecule has 1 atom stereocenters. The van der Waals surface area contributed by atoms with E-state index in [0.717, 1.165) is 43.1 Å². The third kappa shape index (κ3) is 16.7. The van der Waals surface area contributed by atoms with Crippen LogP contribution in [0.15, 0.2) is 18.2 Å². The molecule has 0 spiro atoms. The van der Waals surface area contributed by atoms with Gasteiger partial charge in [0, 0.05) is 31.1 Å². The third-order valence-corrected chi connectivity index (χ3v) is 8.07. The first-order valence-electron chi connectivity index (χ1n) is 17.8. The molecule has 2 aliphatic rings. The number of hydrogen-bond acceptors (Lipinski definition) is 13. The SMILES string of the molecule is O=C1CCC(N2C(=O)c3cccc(NCCOCCOCCOCCOCCOCCOCCOCCOCCCCCCCl)c3C2=O)C(=O)N1. The largest absolute Gasteiger partial charge is 0.382 e. The normalized spacial score (nSPS) is 15.9. The molecular weight excluding hydrogens is 690 g/mol. The zero-order valence-corrected chi connectivity index (χ0v) is 30.3. The van der Waals surface area contributed by atoms with Gasteiger partial charge >= 0.3 is 0 Å². The molecule has 15 nitrogen and oxygen atoms in total. The lowest BCUT2D eigenvalue weighted by molar-refractivity contribution is -0.136. The molecule has 0 saturated carbocycles. The van der Waals surface area contributed by atoms with Gasteiger partial charge in [-0.05, 0) is 31.4 Å². The van der Waals surface area contributed by atoms with Crippen LogP contribution in [0, 0.1) is 0 Å². The van der Waals surface area contributed by atoms with E-state index in [9.17, 15) is 19.2 Å². The number of halogens is 1. The summed E-state index contributed by atoms with van der Waals surface area (Å²) in [6.45, 7) is 8.24. The van der Waals surface area contributed by atoms with E-state index in [0.29, 0.717) is 111 Å². The molecule has 51 heavy (non-hydrogen) atoms. The summed E-state index contributed by atoms with van der Waals surface area (Å²) in [5, 5.41) is 5.33. The summed E-state index contributed by atoms with van der Waals surface area (Å²) in [7, 11) is 0. The zero-order chi connectivity index (χ0) is 36.4. The van der Waals surface area contributed by atoms with Gasteiger partial charge in [0.15, 0.2) is 0 Å². The van der Waals surface area contributed by atoms with Crippen LogP contribution in [-0.4, -0.2) is 153 Å². The minimum absolute atomic E-state index is 0.0685. The first kappa shape index (κ1) is 42.7. The van der Waals surface area contributed by atoms with Gasteiger partial charge < -0.3 is 43.2 Å².